The van der Waals surface area contributed by atoms with Gasteiger partial charge in [-0.05, 0) is 19.2 Å². The fourth-order valence-electron chi connectivity index (χ4n) is 3.00. The highest BCUT2D eigenvalue weighted by Gasteiger charge is 2.40. The number of benzene rings is 1. The van der Waals surface area contributed by atoms with E-state index >= 15 is 0 Å². The van der Waals surface area contributed by atoms with Crippen LogP contribution in [0.25, 0.3) is 0 Å². The molecule has 0 aliphatic carbocycles. The second-order valence-electron chi connectivity index (χ2n) is 5.38. The molecule has 0 radical (unpaired) electrons. The van der Waals surface area contributed by atoms with E-state index in [1.54, 1.807) is 12.0 Å². The molecule has 0 spiro atoms. The number of carbonyl (C=O) groups excluding carboxylic acids is 1. The van der Waals surface area contributed by atoms with E-state index in [2.05, 4.69) is 4.90 Å². The quantitative estimate of drug-likeness (QED) is 0.830. The molecular formula is C15H20N2O3. The lowest BCUT2D eigenvalue weighted by atomic mass is 10.1. The molecule has 5 heteroatoms. The molecule has 1 saturated heterocycles. The van der Waals surface area contributed by atoms with Crippen LogP contribution < -0.4 is 9.64 Å². The predicted molar refractivity (Wildman–Crippen MR) is 76.1 cm³/mol. The maximum atomic E-state index is 12.8. The van der Waals surface area contributed by atoms with E-state index in [1.807, 2.05) is 31.3 Å². The number of anilines is 1. The number of rotatable bonds is 3. The molecule has 1 aromatic rings. The Labute approximate surface area is 119 Å². The molecule has 0 aromatic heterocycles. The van der Waals surface area contributed by atoms with Crippen molar-refractivity contribution in [3.8, 4) is 5.75 Å². The summed E-state index contributed by atoms with van der Waals surface area (Å²) in [5.41, 5.74) is 0.847. The lowest BCUT2D eigenvalue weighted by molar-refractivity contribution is -0.122. The van der Waals surface area contributed by atoms with Crippen molar-refractivity contribution in [1.82, 2.24) is 4.90 Å². The van der Waals surface area contributed by atoms with Crippen LogP contribution in [0.1, 0.15) is 6.42 Å². The van der Waals surface area contributed by atoms with Gasteiger partial charge in [0.05, 0.1) is 18.3 Å². The molecule has 108 valence electrons. The van der Waals surface area contributed by atoms with Crippen molar-refractivity contribution in [2.75, 3.05) is 38.8 Å². The maximum absolute atomic E-state index is 12.8. The van der Waals surface area contributed by atoms with E-state index in [9.17, 15) is 4.79 Å². The third kappa shape index (κ3) is 2.27. The summed E-state index contributed by atoms with van der Waals surface area (Å²) < 4.78 is 11.2. The molecule has 3 rings (SSSR count). The summed E-state index contributed by atoms with van der Waals surface area (Å²) in [7, 11) is 3.63. The van der Waals surface area contributed by atoms with E-state index in [0.29, 0.717) is 13.2 Å². The molecule has 5 nitrogen and oxygen atoms in total. The smallest absolute Gasteiger partial charge is 0.244 e. The number of likely N-dealkylation sites (tertiary alicyclic amines) is 1. The van der Waals surface area contributed by atoms with Crippen molar-refractivity contribution in [3.63, 3.8) is 0 Å². The molecule has 0 N–H and O–H groups in total. The van der Waals surface area contributed by atoms with E-state index in [1.165, 1.54) is 0 Å². The topological polar surface area (TPSA) is 42.0 Å². The van der Waals surface area contributed by atoms with Crippen LogP contribution in [0.4, 0.5) is 5.69 Å². The number of para-hydroxylation sites is 2. The van der Waals surface area contributed by atoms with Crippen LogP contribution in [0.5, 0.6) is 5.75 Å². The van der Waals surface area contributed by atoms with Crippen molar-refractivity contribution >= 4 is 11.6 Å². The Balaban J connectivity index is 1.99. The Kier molecular flexibility index (Phi) is 3.63. The van der Waals surface area contributed by atoms with Gasteiger partial charge in [-0.2, -0.15) is 0 Å². The van der Waals surface area contributed by atoms with Gasteiger partial charge >= 0.3 is 0 Å². The molecule has 2 aliphatic rings. The number of methoxy groups -OCH3 is 1. The van der Waals surface area contributed by atoms with E-state index in [-0.39, 0.29) is 18.1 Å². The van der Waals surface area contributed by atoms with Gasteiger partial charge in [-0.25, -0.2) is 0 Å². The fraction of sp³-hybridized carbons (Fsp3) is 0.533. The number of hydrogen-bond acceptors (Lipinski definition) is 4. The van der Waals surface area contributed by atoms with Gasteiger partial charge < -0.3 is 14.4 Å². The lowest BCUT2D eigenvalue weighted by Gasteiger charge is -2.30. The number of amides is 1. The van der Waals surface area contributed by atoms with Crippen molar-refractivity contribution in [1.29, 1.82) is 0 Å². The highest BCUT2D eigenvalue weighted by molar-refractivity contribution is 5.99. The van der Waals surface area contributed by atoms with Crippen LogP contribution in [0, 0.1) is 0 Å². The van der Waals surface area contributed by atoms with Crippen LogP contribution in [-0.4, -0.2) is 56.8 Å². The predicted octanol–water partition coefficient (Wildman–Crippen LogP) is 1.13. The molecule has 0 saturated carbocycles. The second kappa shape index (κ2) is 5.42. The van der Waals surface area contributed by atoms with E-state index in [0.717, 1.165) is 24.4 Å². The Morgan fingerprint density at radius 1 is 1.40 bits per heavy atom. The molecular weight excluding hydrogens is 256 g/mol. The largest absolute Gasteiger partial charge is 0.487 e. The Bertz CT molecular complexity index is 506. The average molecular weight is 276 g/mol. The van der Waals surface area contributed by atoms with Crippen LogP contribution in [0.2, 0.25) is 0 Å². The number of carbonyl (C=O) groups is 1. The van der Waals surface area contributed by atoms with Crippen LogP contribution >= 0.6 is 0 Å². The summed E-state index contributed by atoms with van der Waals surface area (Å²) in [5.74, 6) is 0.929. The molecule has 1 fully saturated rings. The van der Waals surface area contributed by atoms with Gasteiger partial charge in [0.1, 0.15) is 11.9 Å². The molecule has 2 aliphatic heterocycles. The van der Waals surface area contributed by atoms with Gasteiger partial charge in [0.15, 0.2) is 0 Å². The van der Waals surface area contributed by atoms with E-state index in [4.69, 9.17) is 9.47 Å². The number of likely N-dealkylation sites (N-methyl/N-ethyl adjacent to an activating group) is 1. The van der Waals surface area contributed by atoms with Crippen molar-refractivity contribution in [2.24, 2.45) is 0 Å². The van der Waals surface area contributed by atoms with Crippen molar-refractivity contribution < 1.29 is 14.3 Å². The van der Waals surface area contributed by atoms with Gasteiger partial charge in [-0.1, -0.05) is 12.1 Å². The van der Waals surface area contributed by atoms with Gasteiger partial charge in [-0.15, -0.1) is 0 Å². The second-order valence-corrected chi connectivity index (χ2v) is 5.38. The monoisotopic (exact) mass is 276 g/mol. The molecule has 1 amide bonds. The van der Waals surface area contributed by atoms with Gasteiger partial charge in [0.2, 0.25) is 5.91 Å². The first-order valence-corrected chi connectivity index (χ1v) is 6.97. The maximum Gasteiger partial charge on any atom is 0.244 e. The van der Waals surface area contributed by atoms with Crippen molar-refractivity contribution in [2.45, 2.75) is 18.6 Å². The molecule has 2 bridgehead atoms. The molecule has 0 unspecified atom stereocenters. The number of nitrogens with zero attached hydrogens (tertiary/aromatic N) is 2. The number of hydrogen-bond donors (Lipinski definition) is 0. The Morgan fingerprint density at radius 3 is 3.00 bits per heavy atom. The number of fused-ring (bicyclic) bond motifs is 3. The van der Waals surface area contributed by atoms with Gasteiger partial charge in [-0.3, -0.25) is 9.69 Å². The van der Waals surface area contributed by atoms with Gasteiger partial charge in [0.25, 0.3) is 0 Å². The summed E-state index contributed by atoms with van der Waals surface area (Å²) in [5, 5.41) is 0. The lowest BCUT2D eigenvalue weighted by Crippen LogP contribution is -2.46. The minimum absolute atomic E-state index is 0.0924. The number of ether oxygens (including phenoxy) is 2. The molecule has 2 atom stereocenters. The summed E-state index contributed by atoms with van der Waals surface area (Å²) >= 11 is 0. The molecule has 1 aromatic carbocycles. The Morgan fingerprint density at radius 2 is 2.20 bits per heavy atom. The van der Waals surface area contributed by atoms with E-state index < -0.39 is 0 Å². The summed E-state index contributed by atoms with van der Waals surface area (Å²) in [6, 6.07) is 7.65. The fourth-order valence-corrected chi connectivity index (χ4v) is 3.00. The summed E-state index contributed by atoms with van der Waals surface area (Å²) in [6.45, 7) is 1.85. The third-order valence-corrected chi connectivity index (χ3v) is 4.03. The summed E-state index contributed by atoms with van der Waals surface area (Å²) in [4.78, 5) is 16.7. The zero-order valence-corrected chi connectivity index (χ0v) is 11.9. The van der Waals surface area contributed by atoms with Crippen LogP contribution in [-0.2, 0) is 9.53 Å². The first kappa shape index (κ1) is 13.4. The highest BCUT2D eigenvalue weighted by atomic mass is 16.5. The average Bonchev–Trinajstić information content (AvgIpc) is 2.81. The van der Waals surface area contributed by atoms with Crippen LogP contribution in [0.15, 0.2) is 24.3 Å². The minimum Gasteiger partial charge on any atom is -0.487 e. The standard InChI is InChI=1S/C15H20N2O3/c1-16-10-11-9-13(16)15(18)17(7-8-19-2)12-5-3-4-6-14(12)20-11/h3-6,11,13H,7-10H2,1-2H3/t11-,13-/m0/s1. The first-order valence-electron chi connectivity index (χ1n) is 6.97. The zero-order chi connectivity index (χ0) is 14.1. The minimum atomic E-state index is -0.0924. The summed E-state index contributed by atoms with van der Waals surface area (Å²) in [6.07, 6.45) is 0.854. The SMILES string of the molecule is COCCN1C(=O)[C@@H]2C[C@@H](CN2C)Oc2ccccc21. The third-order valence-electron chi connectivity index (χ3n) is 4.03. The molecule has 20 heavy (non-hydrogen) atoms. The first-order chi connectivity index (χ1) is 9.70. The normalized spacial score (nSPS) is 25.9. The van der Waals surface area contributed by atoms with Gasteiger partial charge in [0, 0.05) is 26.6 Å². The highest BCUT2D eigenvalue weighted by Crippen LogP contribution is 2.35. The van der Waals surface area contributed by atoms with Crippen molar-refractivity contribution in [3.05, 3.63) is 24.3 Å². The van der Waals surface area contributed by atoms with Crippen LogP contribution in [0.3, 0.4) is 0 Å². The Hall–Kier alpha value is -1.59. The molecule has 2 heterocycles. The zero-order valence-electron chi connectivity index (χ0n) is 11.9.